The van der Waals surface area contributed by atoms with Gasteiger partial charge in [0.2, 0.25) is 4.38 Å². The summed E-state index contributed by atoms with van der Waals surface area (Å²) in [7, 11) is 0. The van der Waals surface area contributed by atoms with E-state index in [0.29, 0.717) is 4.38 Å². The largest absolute Gasteiger partial charge is 1.00 e. The van der Waals surface area contributed by atoms with E-state index in [1.165, 1.54) is 0 Å². The molecule has 0 saturated carbocycles. The third kappa shape index (κ3) is 12.1. The van der Waals surface area contributed by atoms with Crippen LogP contribution in [-0.2, 0) is 4.74 Å². The molecular weight excluding hydrogens is 147 g/mol. The summed E-state index contributed by atoms with van der Waals surface area (Å²) < 4.78 is 5.34. The van der Waals surface area contributed by atoms with Gasteiger partial charge in [0.15, 0.2) is 0 Å². The molecule has 0 aliphatic rings. The molecule has 0 rings (SSSR count). The van der Waals surface area contributed by atoms with Crippen molar-refractivity contribution in [1.29, 1.82) is 0 Å². The van der Waals surface area contributed by atoms with Crippen molar-refractivity contribution < 1.29 is 25.0 Å². The van der Waals surface area contributed by atoms with Crippen molar-refractivity contribution >= 4 is 29.2 Å². The molecule has 0 atom stereocenters. The van der Waals surface area contributed by atoms with Gasteiger partial charge in [-0.25, -0.2) is 0 Å². The third-order valence-corrected chi connectivity index (χ3v) is 0.568. The monoisotopic (exact) mass is 158 g/mol. The maximum absolute atomic E-state index is 5.03. The number of thiocarbonyl (C=S) groups is 1. The Kier molecular flexibility index (Phi) is 6.42. The Bertz CT molecular complexity index is 102. The molecule has 0 aromatic carbocycles. The molecule has 0 aromatic heterocycles. The fourth-order valence-electron chi connectivity index (χ4n) is 0.262. The zero-order valence-electron chi connectivity index (χ0n) is 7.26. The quantitative estimate of drug-likeness (QED) is 0.279. The van der Waals surface area contributed by atoms with Crippen LogP contribution < -0.4 is 18.9 Å². The van der Waals surface area contributed by atoms with Crippen molar-refractivity contribution in [3.63, 3.8) is 0 Å². The molecule has 0 saturated heterocycles. The Morgan fingerprint density at radius 2 is 1.89 bits per heavy atom. The predicted octanol–water partition coefficient (Wildman–Crippen LogP) is -0.867. The van der Waals surface area contributed by atoms with E-state index in [4.69, 9.17) is 4.74 Å². The second-order valence-corrected chi connectivity index (χ2v) is 3.56. The van der Waals surface area contributed by atoms with E-state index in [-0.39, 0.29) is 25.9 Å². The molecule has 4 heteroatoms. The van der Waals surface area contributed by atoms with E-state index in [9.17, 15) is 0 Å². The summed E-state index contributed by atoms with van der Waals surface area (Å²) in [4.78, 5) is 0. The van der Waals surface area contributed by atoms with Gasteiger partial charge in [-0.15, -0.1) is 0 Å². The summed E-state index contributed by atoms with van der Waals surface area (Å²) in [5.74, 6) is 0. The fourth-order valence-corrected chi connectivity index (χ4v) is 0.786. The standard InChI is InChI=1S/C5H10OS2.Li.H/c1-5(2,3)6-4(7)8;;/h1-3H3,(H,7,8);;/q;+1;-1. The Labute approximate surface area is 80.6 Å². The summed E-state index contributed by atoms with van der Waals surface area (Å²) in [6, 6.07) is 0. The third-order valence-electron chi connectivity index (χ3n) is 0.393. The normalized spacial score (nSPS) is 9.78. The second kappa shape index (κ2) is 4.62. The maximum Gasteiger partial charge on any atom is 1.00 e. The SMILES string of the molecule is CC(C)(C)OC(=S)S.[H-].[Li+]. The molecule has 0 bridgehead atoms. The molecule has 0 fully saturated rings. The molecule has 0 aliphatic heterocycles. The molecule has 0 aliphatic carbocycles. The van der Waals surface area contributed by atoms with Gasteiger partial charge in [0.1, 0.15) is 5.60 Å². The smallest absolute Gasteiger partial charge is 1.00 e. The van der Waals surface area contributed by atoms with Gasteiger partial charge in [0, 0.05) is 0 Å². The molecular formula is C5H11LiOS2. The van der Waals surface area contributed by atoms with Crippen LogP contribution in [-0.4, -0.2) is 9.98 Å². The minimum Gasteiger partial charge on any atom is -1.00 e. The van der Waals surface area contributed by atoms with Crippen LogP contribution in [0.2, 0.25) is 0 Å². The van der Waals surface area contributed by atoms with Crippen molar-refractivity contribution in [2.45, 2.75) is 26.4 Å². The molecule has 1 nitrogen and oxygen atoms in total. The van der Waals surface area contributed by atoms with Gasteiger partial charge in [-0.3, -0.25) is 0 Å². The predicted molar refractivity (Wildman–Crippen MR) is 43.5 cm³/mol. The van der Waals surface area contributed by atoms with E-state index in [1.54, 1.807) is 0 Å². The molecule has 50 valence electrons. The van der Waals surface area contributed by atoms with E-state index >= 15 is 0 Å². The van der Waals surface area contributed by atoms with E-state index in [0.717, 1.165) is 0 Å². The van der Waals surface area contributed by atoms with Crippen molar-refractivity contribution in [3.05, 3.63) is 0 Å². The maximum atomic E-state index is 5.03. The molecule has 0 aromatic rings. The molecule has 0 N–H and O–H groups in total. The Morgan fingerprint density at radius 3 is 1.89 bits per heavy atom. The van der Waals surface area contributed by atoms with Crippen LogP contribution in [0.5, 0.6) is 0 Å². The summed E-state index contributed by atoms with van der Waals surface area (Å²) in [5, 5.41) is 0. The minimum absolute atomic E-state index is 0. The van der Waals surface area contributed by atoms with Gasteiger partial charge in [-0.05, 0) is 33.0 Å². The van der Waals surface area contributed by atoms with Crippen LogP contribution in [0.1, 0.15) is 22.2 Å². The first-order chi connectivity index (χ1) is 3.42. The number of hydrogen-bond acceptors (Lipinski definition) is 2. The van der Waals surface area contributed by atoms with Crippen LogP contribution in [0.4, 0.5) is 0 Å². The average molecular weight is 158 g/mol. The van der Waals surface area contributed by atoms with Gasteiger partial charge in [0.25, 0.3) is 0 Å². The first-order valence-corrected chi connectivity index (χ1v) is 3.19. The topological polar surface area (TPSA) is 9.23 Å². The summed E-state index contributed by atoms with van der Waals surface area (Å²) in [5.41, 5.74) is -0.196. The van der Waals surface area contributed by atoms with Crippen LogP contribution in [0, 0.1) is 0 Å². The van der Waals surface area contributed by atoms with E-state index < -0.39 is 0 Å². The van der Waals surface area contributed by atoms with Gasteiger partial charge >= 0.3 is 18.9 Å². The summed E-state index contributed by atoms with van der Waals surface area (Å²) in [6.45, 7) is 5.78. The fraction of sp³-hybridized carbons (Fsp3) is 0.800. The molecule has 0 amide bonds. The zero-order valence-corrected chi connectivity index (χ0v) is 7.97. The van der Waals surface area contributed by atoms with Crippen LogP contribution in [0.15, 0.2) is 0 Å². The van der Waals surface area contributed by atoms with E-state index in [1.807, 2.05) is 20.8 Å². The number of rotatable bonds is 0. The van der Waals surface area contributed by atoms with Crippen molar-refractivity contribution in [1.82, 2.24) is 0 Å². The van der Waals surface area contributed by atoms with Gasteiger partial charge in [0.05, 0.1) is 0 Å². The number of thiol groups is 1. The van der Waals surface area contributed by atoms with Crippen molar-refractivity contribution in [3.8, 4) is 0 Å². The summed E-state index contributed by atoms with van der Waals surface area (Å²) >= 11 is 8.39. The van der Waals surface area contributed by atoms with Gasteiger partial charge in [-0.1, -0.05) is 12.6 Å². The molecule has 0 radical (unpaired) electrons. The Hall–Kier alpha value is 0.837. The number of hydrogen-bond donors (Lipinski definition) is 1. The molecule has 0 unspecified atom stereocenters. The van der Waals surface area contributed by atoms with E-state index in [2.05, 4.69) is 24.8 Å². The first kappa shape index (κ1) is 12.5. The van der Waals surface area contributed by atoms with Crippen LogP contribution in [0.3, 0.4) is 0 Å². The first-order valence-electron chi connectivity index (χ1n) is 2.34. The van der Waals surface area contributed by atoms with Crippen LogP contribution in [0.25, 0.3) is 0 Å². The zero-order chi connectivity index (χ0) is 6.78. The van der Waals surface area contributed by atoms with Gasteiger partial charge < -0.3 is 6.16 Å². The minimum atomic E-state index is -0.196. The van der Waals surface area contributed by atoms with Crippen molar-refractivity contribution in [2.24, 2.45) is 0 Å². The Morgan fingerprint density at radius 1 is 1.56 bits per heavy atom. The number of ether oxygens (including phenoxy) is 1. The molecule has 0 spiro atoms. The molecule has 9 heavy (non-hydrogen) atoms. The molecule has 0 heterocycles. The van der Waals surface area contributed by atoms with Gasteiger partial charge in [-0.2, -0.15) is 0 Å². The average Bonchev–Trinajstić information content (AvgIpc) is 1.21. The van der Waals surface area contributed by atoms with Crippen molar-refractivity contribution in [2.75, 3.05) is 0 Å². The Balaban J connectivity index is -0.000000245. The van der Waals surface area contributed by atoms with Crippen LogP contribution >= 0.6 is 24.8 Å². The second-order valence-electron chi connectivity index (χ2n) is 2.48. The summed E-state index contributed by atoms with van der Waals surface area (Å²) in [6.07, 6.45) is 0.